The molecule has 86 valence electrons. The molecule has 16 heavy (non-hydrogen) atoms. The van der Waals surface area contributed by atoms with Gasteiger partial charge in [-0.05, 0) is 38.0 Å². The normalized spacial score (nSPS) is 11.4. The summed E-state index contributed by atoms with van der Waals surface area (Å²) >= 11 is 0. The molecule has 1 aromatic carbocycles. The Labute approximate surface area is 97.6 Å². The molecule has 0 radical (unpaired) electrons. The summed E-state index contributed by atoms with van der Waals surface area (Å²) in [4.78, 5) is 0.386. The van der Waals surface area contributed by atoms with Gasteiger partial charge >= 0.3 is 0 Å². The van der Waals surface area contributed by atoms with Gasteiger partial charge in [-0.1, -0.05) is 12.1 Å². The van der Waals surface area contributed by atoms with Crippen molar-refractivity contribution in [3.05, 3.63) is 29.8 Å². The molecule has 0 aliphatic rings. The van der Waals surface area contributed by atoms with Crippen LogP contribution in [-0.2, 0) is 16.3 Å². The summed E-state index contributed by atoms with van der Waals surface area (Å²) in [5, 5.41) is -0.393. The van der Waals surface area contributed by atoms with Crippen LogP contribution in [0.2, 0.25) is 0 Å². The monoisotopic (exact) mass is 236 g/mol. The topological polar surface area (TPSA) is 34.1 Å². The Hall–Kier alpha value is -1.27. The van der Waals surface area contributed by atoms with E-state index < -0.39 is 15.1 Å². The van der Waals surface area contributed by atoms with Crippen LogP contribution in [0.3, 0.4) is 0 Å². The van der Waals surface area contributed by atoms with Crippen molar-refractivity contribution < 1.29 is 8.42 Å². The first-order valence-corrected chi connectivity index (χ1v) is 6.79. The minimum absolute atomic E-state index is 0.386. The number of benzene rings is 1. The zero-order valence-corrected chi connectivity index (χ0v) is 10.4. The van der Waals surface area contributed by atoms with Crippen LogP contribution in [0.1, 0.15) is 25.8 Å². The summed E-state index contributed by atoms with van der Waals surface area (Å²) in [5.41, 5.74) is 0.972. The van der Waals surface area contributed by atoms with E-state index in [9.17, 15) is 8.42 Å². The number of sulfone groups is 1. The van der Waals surface area contributed by atoms with Crippen LogP contribution in [0.5, 0.6) is 0 Å². The smallest absolute Gasteiger partial charge is 0.180 e. The molecule has 0 saturated carbocycles. The van der Waals surface area contributed by atoms with E-state index in [2.05, 4.69) is 5.92 Å². The zero-order valence-electron chi connectivity index (χ0n) is 9.60. The van der Waals surface area contributed by atoms with E-state index in [1.165, 1.54) is 0 Å². The van der Waals surface area contributed by atoms with Crippen LogP contribution >= 0.6 is 0 Å². The summed E-state index contributed by atoms with van der Waals surface area (Å²) in [6, 6.07) is 7.01. The lowest BCUT2D eigenvalue weighted by molar-refractivity contribution is 0.587. The Morgan fingerprint density at radius 3 is 2.62 bits per heavy atom. The van der Waals surface area contributed by atoms with Gasteiger partial charge in [0.25, 0.3) is 0 Å². The highest BCUT2D eigenvalue weighted by Gasteiger charge is 2.18. The quantitative estimate of drug-likeness (QED) is 0.752. The summed E-state index contributed by atoms with van der Waals surface area (Å²) in [6.07, 6.45) is 6.53. The van der Waals surface area contributed by atoms with Crippen molar-refractivity contribution in [1.29, 1.82) is 0 Å². The van der Waals surface area contributed by atoms with Gasteiger partial charge in [-0.2, -0.15) is 0 Å². The van der Waals surface area contributed by atoms with Gasteiger partial charge < -0.3 is 0 Å². The Balaban J connectivity index is 3.05. The second-order valence-corrected chi connectivity index (χ2v) is 6.45. The molecule has 0 aliphatic carbocycles. The molecule has 1 aromatic rings. The van der Waals surface area contributed by atoms with Gasteiger partial charge in [0, 0.05) is 6.42 Å². The highest BCUT2D eigenvalue weighted by Crippen LogP contribution is 2.17. The van der Waals surface area contributed by atoms with E-state index in [-0.39, 0.29) is 0 Å². The van der Waals surface area contributed by atoms with Crippen LogP contribution in [0.15, 0.2) is 29.2 Å². The van der Waals surface area contributed by atoms with Gasteiger partial charge in [0.15, 0.2) is 9.84 Å². The molecule has 0 heterocycles. The largest absolute Gasteiger partial charge is 0.223 e. The Morgan fingerprint density at radius 1 is 1.38 bits per heavy atom. The Morgan fingerprint density at radius 2 is 2.06 bits per heavy atom. The van der Waals surface area contributed by atoms with Crippen molar-refractivity contribution in [1.82, 2.24) is 0 Å². The lowest BCUT2D eigenvalue weighted by Gasteiger charge is -2.08. The first-order valence-electron chi connectivity index (χ1n) is 5.25. The van der Waals surface area contributed by atoms with Crippen LogP contribution in [-0.4, -0.2) is 13.7 Å². The van der Waals surface area contributed by atoms with Crippen molar-refractivity contribution >= 4 is 9.84 Å². The molecule has 2 nitrogen and oxygen atoms in total. The van der Waals surface area contributed by atoms with Crippen molar-refractivity contribution in [2.24, 2.45) is 0 Å². The zero-order chi connectivity index (χ0) is 12.2. The summed E-state index contributed by atoms with van der Waals surface area (Å²) in [5.74, 6) is 2.55. The lowest BCUT2D eigenvalue weighted by atomic mass is 10.1. The van der Waals surface area contributed by atoms with Gasteiger partial charge in [-0.3, -0.25) is 0 Å². The fourth-order valence-electron chi connectivity index (χ4n) is 1.37. The maximum atomic E-state index is 11.9. The lowest BCUT2D eigenvalue weighted by Crippen LogP contribution is -2.14. The number of aryl methyl sites for hydroxylation is 1. The number of terminal acetylenes is 1. The van der Waals surface area contributed by atoms with E-state index in [1.54, 1.807) is 32.0 Å². The molecular formula is C13H16O2S. The maximum absolute atomic E-state index is 11.9. The first-order chi connectivity index (χ1) is 7.48. The van der Waals surface area contributed by atoms with Crippen molar-refractivity contribution in [2.75, 3.05) is 0 Å². The highest BCUT2D eigenvalue weighted by atomic mass is 32.2. The minimum Gasteiger partial charge on any atom is -0.223 e. The molecule has 0 aromatic heterocycles. The highest BCUT2D eigenvalue weighted by molar-refractivity contribution is 7.92. The molecule has 0 fully saturated rings. The Bertz CT molecular complexity index is 493. The average molecular weight is 236 g/mol. The van der Waals surface area contributed by atoms with Gasteiger partial charge in [-0.15, -0.1) is 12.3 Å². The average Bonchev–Trinajstić information content (AvgIpc) is 2.26. The molecule has 0 N–H and O–H groups in total. The molecule has 0 saturated heterocycles. The Kier molecular flexibility index (Phi) is 4.14. The predicted octanol–water partition coefficient (Wildman–Crippen LogP) is 2.43. The third-order valence-electron chi connectivity index (χ3n) is 2.41. The van der Waals surface area contributed by atoms with Gasteiger partial charge in [0.1, 0.15) is 0 Å². The predicted molar refractivity (Wildman–Crippen MR) is 65.9 cm³/mol. The number of rotatable bonds is 4. The molecule has 0 spiro atoms. The fourth-order valence-corrected chi connectivity index (χ4v) is 2.49. The molecule has 0 unspecified atom stereocenters. The molecular weight excluding hydrogens is 220 g/mol. The van der Waals surface area contributed by atoms with Gasteiger partial charge in [0.2, 0.25) is 0 Å². The van der Waals surface area contributed by atoms with Crippen molar-refractivity contribution in [2.45, 2.75) is 36.8 Å². The molecule has 0 atom stereocenters. The standard InChI is InChI=1S/C13H16O2S/c1-4-5-7-12-8-6-9-13(10-12)16(14,15)11(2)3/h1,6,8-11H,5,7H2,2-3H3. The number of hydrogen-bond acceptors (Lipinski definition) is 2. The number of hydrogen-bond donors (Lipinski definition) is 0. The van der Waals surface area contributed by atoms with Crippen molar-refractivity contribution in [3.63, 3.8) is 0 Å². The third kappa shape index (κ3) is 2.86. The van der Waals surface area contributed by atoms with E-state index in [0.717, 1.165) is 12.0 Å². The van der Waals surface area contributed by atoms with Crippen molar-refractivity contribution in [3.8, 4) is 12.3 Å². The van der Waals surface area contributed by atoms with Crippen LogP contribution in [0.4, 0.5) is 0 Å². The summed E-state index contributed by atoms with van der Waals surface area (Å²) in [7, 11) is -3.18. The summed E-state index contributed by atoms with van der Waals surface area (Å²) in [6.45, 7) is 3.37. The maximum Gasteiger partial charge on any atom is 0.180 e. The molecule has 0 amide bonds. The van der Waals surface area contributed by atoms with E-state index in [1.807, 2.05) is 6.07 Å². The van der Waals surface area contributed by atoms with E-state index in [4.69, 9.17) is 6.42 Å². The molecule has 0 aliphatic heterocycles. The van der Waals surface area contributed by atoms with Gasteiger partial charge in [0.05, 0.1) is 10.1 Å². The molecule has 0 bridgehead atoms. The second kappa shape index (κ2) is 5.18. The van der Waals surface area contributed by atoms with E-state index >= 15 is 0 Å². The third-order valence-corrected chi connectivity index (χ3v) is 4.56. The second-order valence-electron chi connectivity index (χ2n) is 3.95. The van der Waals surface area contributed by atoms with Crippen LogP contribution < -0.4 is 0 Å². The summed E-state index contributed by atoms with van der Waals surface area (Å²) < 4.78 is 23.8. The molecule has 3 heteroatoms. The van der Waals surface area contributed by atoms with E-state index in [0.29, 0.717) is 11.3 Å². The van der Waals surface area contributed by atoms with Crippen LogP contribution in [0.25, 0.3) is 0 Å². The fraction of sp³-hybridized carbons (Fsp3) is 0.385. The van der Waals surface area contributed by atoms with Crippen LogP contribution in [0, 0.1) is 12.3 Å². The minimum atomic E-state index is -3.18. The molecule has 1 rings (SSSR count). The van der Waals surface area contributed by atoms with Gasteiger partial charge in [-0.25, -0.2) is 8.42 Å². The SMILES string of the molecule is C#CCCc1cccc(S(=O)(=O)C(C)C)c1. The first kappa shape index (κ1) is 12.8.